The molecule has 3 atom stereocenters. The average molecular weight is 295 g/mol. The van der Waals surface area contributed by atoms with Crippen molar-refractivity contribution in [2.24, 2.45) is 11.8 Å². The second-order valence-corrected chi connectivity index (χ2v) is 6.45. The Hall–Kier alpha value is -1.10. The molecule has 2 saturated heterocycles. The van der Waals surface area contributed by atoms with Crippen molar-refractivity contribution in [1.82, 2.24) is 15.5 Å². The molecule has 2 fully saturated rings. The van der Waals surface area contributed by atoms with E-state index in [2.05, 4.69) is 24.5 Å². The first-order chi connectivity index (χ1) is 10.1. The maximum atomic E-state index is 12.6. The zero-order valence-corrected chi connectivity index (χ0v) is 13.4. The van der Waals surface area contributed by atoms with Crippen LogP contribution in [0, 0.1) is 11.8 Å². The number of piperidine rings is 1. The Morgan fingerprint density at radius 1 is 1.24 bits per heavy atom. The number of likely N-dealkylation sites (tertiary alicyclic amines) is 1. The van der Waals surface area contributed by atoms with Crippen molar-refractivity contribution in [2.75, 3.05) is 26.2 Å². The molecule has 0 aromatic heterocycles. The SMILES string of the molecule is CCCCNC(=O)C1CCC(C)N(C(=O)C2CCNC2)C1. The largest absolute Gasteiger partial charge is 0.356 e. The third-order valence-electron chi connectivity index (χ3n) is 4.78. The minimum atomic E-state index is -0.0311. The minimum Gasteiger partial charge on any atom is -0.356 e. The van der Waals surface area contributed by atoms with Crippen LogP contribution < -0.4 is 10.6 Å². The third-order valence-corrected chi connectivity index (χ3v) is 4.78. The van der Waals surface area contributed by atoms with E-state index in [1.165, 1.54) is 0 Å². The number of carbonyl (C=O) groups is 2. The summed E-state index contributed by atoms with van der Waals surface area (Å²) in [5, 5.41) is 6.26. The molecular weight excluding hydrogens is 266 g/mol. The highest BCUT2D eigenvalue weighted by atomic mass is 16.2. The predicted octanol–water partition coefficient (Wildman–Crippen LogP) is 1.14. The van der Waals surface area contributed by atoms with E-state index in [9.17, 15) is 9.59 Å². The molecule has 120 valence electrons. The van der Waals surface area contributed by atoms with E-state index in [0.717, 1.165) is 51.7 Å². The van der Waals surface area contributed by atoms with Gasteiger partial charge >= 0.3 is 0 Å². The summed E-state index contributed by atoms with van der Waals surface area (Å²) in [7, 11) is 0. The van der Waals surface area contributed by atoms with Crippen LogP contribution >= 0.6 is 0 Å². The molecule has 2 aliphatic rings. The topological polar surface area (TPSA) is 61.4 Å². The molecule has 0 spiro atoms. The molecule has 5 nitrogen and oxygen atoms in total. The summed E-state index contributed by atoms with van der Waals surface area (Å²) >= 11 is 0. The molecule has 0 aromatic carbocycles. The highest BCUT2D eigenvalue weighted by molar-refractivity contribution is 5.83. The first kappa shape index (κ1) is 16.3. The minimum absolute atomic E-state index is 0.0311. The standard InChI is InChI=1S/C16H29N3O2/c1-3-4-8-18-15(20)14-6-5-12(2)19(11-14)16(21)13-7-9-17-10-13/h12-14,17H,3-11H2,1-2H3,(H,18,20). The van der Waals surface area contributed by atoms with Gasteiger partial charge in [-0.1, -0.05) is 13.3 Å². The summed E-state index contributed by atoms with van der Waals surface area (Å²) in [5.74, 6) is 0.432. The number of nitrogens with one attached hydrogen (secondary N) is 2. The molecule has 0 aromatic rings. The maximum absolute atomic E-state index is 12.6. The first-order valence-electron chi connectivity index (χ1n) is 8.42. The summed E-state index contributed by atoms with van der Waals surface area (Å²) in [6, 6.07) is 0.262. The fourth-order valence-electron chi connectivity index (χ4n) is 3.26. The number of rotatable bonds is 5. The third kappa shape index (κ3) is 4.19. The van der Waals surface area contributed by atoms with Crippen molar-refractivity contribution < 1.29 is 9.59 Å². The molecule has 0 radical (unpaired) electrons. The Kier molecular flexibility index (Phi) is 6.03. The molecule has 2 aliphatic heterocycles. The van der Waals surface area contributed by atoms with Crippen LogP contribution in [0.25, 0.3) is 0 Å². The molecule has 2 heterocycles. The summed E-state index contributed by atoms with van der Waals surface area (Å²) in [5.41, 5.74) is 0. The number of carbonyl (C=O) groups excluding carboxylic acids is 2. The van der Waals surface area contributed by atoms with E-state index in [1.54, 1.807) is 0 Å². The van der Waals surface area contributed by atoms with Gasteiger partial charge in [0.15, 0.2) is 0 Å². The van der Waals surface area contributed by atoms with Gasteiger partial charge in [0, 0.05) is 25.7 Å². The molecule has 0 saturated carbocycles. The molecule has 2 rings (SSSR count). The number of amides is 2. The zero-order chi connectivity index (χ0) is 15.2. The van der Waals surface area contributed by atoms with Gasteiger partial charge < -0.3 is 15.5 Å². The number of hydrogen-bond acceptors (Lipinski definition) is 3. The maximum Gasteiger partial charge on any atom is 0.227 e. The quantitative estimate of drug-likeness (QED) is 0.748. The van der Waals surface area contributed by atoms with Crippen LogP contribution in [0.15, 0.2) is 0 Å². The lowest BCUT2D eigenvalue weighted by atomic mass is 9.91. The Bertz CT molecular complexity index is 367. The summed E-state index contributed by atoms with van der Waals surface area (Å²) in [6.45, 7) is 7.28. The molecule has 21 heavy (non-hydrogen) atoms. The van der Waals surface area contributed by atoms with Crippen molar-refractivity contribution in [3.05, 3.63) is 0 Å². The van der Waals surface area contributed by atoms with Crippen molar-refractivity contribution in [1.29, 1.82) is 0 Å². The number of nitrogens with zero attached hydrogens (tertiary/aromatic N) is 1. The van der Waals surface area contributed by atoms with Gasteiger partial charge in [-0.05, 0) is 39.2 Å². The van der Waals surface area contributed by atoms with E-state index >= 15 is 0 Å². The Balaban J connectivity index is 1.89. The highest BCUT2D eigenvalue weighted by Crippen LogP contribution is 2.25. The Labute approximate surface area is 127 Å². The monoisotopic (exact) mass is 295 g/mol. The van der Waals surface area contributed by atoms with Crippen LogP contribution in [0.2, 0.25) is 0 Å². The lowest BCUT2D eigenvalue weighted by Crippen LogP contribution is -2.51. The molecule has 3 unspecified atom stereocenters. The fourth-order valence-corrected chi connectivity index (χ4v) is 3.26. The Morgan fingerprint density at radius 2 is 2.05 bits per heavy atom. The molecule has 0 aliphatic carbocycles. The predicted molar refractivity (Wildman–Crippen MR) is 82.8 cm³/mol. The highest BCUT2D eigenvalue weighted by Gasteiger charge is 2.36. The fraction of sp³-hybridized carbons (Fsp3) is 0.875. The Morgan fingerprint density at radius 3 is 2.71 bits per heavy atom. The van der Waals surface area contributed by atoms with Crippen molar-refractivity contribution >= 4 is 11.8 Å². The molecule has 2 N–H and O–H groups in total. The van der Waals surface area contributed by atoms with Crippen LogP contribution in [0.5, 0.6) is 0 Å². The lowest BCUT2D eigenvalue weighted by molar-refractivity contribution is -0.141. The molecule has 5 heteroatoms. The molecular formula is C16H29N3O2. The van der Waals surface area contributed by atoms with Gasteiger partial charge in [-0.3, -0.25) is 9.59 Å². The van der Waals surface area contributed by atoms with E-state index in [0.29, 0.717) is 6.54 Å². The van der Waals surface area contributed by atoms with Crippen molar-refractivity contribution in [3.63, 3.8) is 0 Å². The van der Waals surface area contributed by atoms with Crippen LogP contribution in [0.1, 0.15) is 46.0 Å². The van der Waals surface area contributed by atoms with Crippen LogP contribution in [-0.2, 0) is 9.59 Å². The zero-order valence-electron chi connectivity index (χ0n) is 13.4. The molecule has 0 bridgehead atoms. The van der Waals surface area contributed by atoms with E-state index in [1.807, 2.05) is 4.90 Å². The van der Waals surface area contributed by atoms with Gasteiger partial charge in [-0.15, -0.1) is 0 Å². The summed E-state index contributed by atoms with van der Waals surface area (Å²) in [6.07, 6.45) is 4.85. The van der Waals surface area contributed by atoms with Gasteiger partial charge in [0.05, 0.1) is 11.8 Å². The van der Waals surface area contributed by atoms with E-state index < -0.39 is 0 Å². The summed E-state index contributed by atoms with van der Waals surface area (Å²) in [4.78, 5) is 26.8. The lowest BCUT2D eigenvalue weighted by Gasteiger charge is -2.38. The molecule has 2 amide bonds. The normalized spacial score (nSPS) is 29.4. The second-order valence-electron chi connectivity index (χ2n) is 6.45. The van der Waals surface area contributed by atoms with E-state index in [4.69, 9.17) is 0 Å². The van der Waals surface area contributed by atoms with Gasteiger partial charge in [0.1, 0.15) is 0 Å². The van der Waals surface area contributed by atoms with Crippen LogP contribution in [0.4, 0.5) is 0 Å². The van der Waals surface area contributed by atoms with Crippen molar-refractivity contribution in [2.45, 2.75) is 52.0 Å². The van der Waals surface area contributed by atoms with Crippen LogP contribution in [0.3, 0.4) is 0 Å². The van der Waals surface area contributed by atoms with Gasteiger partial charge in [-0.2, -0.15) is 0 Å². The number of hydrogen-bond donors (Lipinski definition) is 2. The second kappa shape index (κ2) is 7.78. The summed E-state index contributed by atoms with van der Waals surface area (Å²) < 4.78 is 0. The van der Waals surface area contributed by atoms with Crippen molar-refractivity contribution in [3.8, 4) is 0 Å². The van der Waals surface area contributed by atoms with Gasteiger partial charge in [0.2, 0.25) is 11.8 Å². The first-order valence-corrected chi connectivity index (χ1v) is 8.42. The van der Waals surface area contributed by atoms with E-state index in [-0.39, 0.29) is 29.7 Å². The van der Waals surface area contributed by atoms with Gasteiger partial charge in [-0.25, -0.2) is 0 Å². The smallest absolute Gasteiger partial charge is 0.227 e. The van der Waals surface area contributed by atoms with Crippen LogP contribution in [-0.4, -0.2) is 48.9 Å². The van der Waals surface area contributed by atoms with Gasteiger partial charge in [0.25, 0.3) is 0 Å². The number of unbranched alkanes of at least 4 members (excludes halogenated alkanes) is 1. The average Bonchev–Trinajstić information content (AvgIpc) is 3.01.